The van der Waals surface area contributed by atoms with Crippen molar-refractivity contribution in [1.82, 2.24) is 5.32 Å². The zero-order valence-corrected chi connectivity index (χ0v) is 9.49. The third-order valence-electron chi connectivity index (χ3n) is 3.14. The van der Waals surface area contributed by atoms with E-state index in [-0.39, 0.29) is 0 Å². The van der Waals surface area contributed by atoms with Crippen LogP contribution in [0, 0.1) is 5.92 Å². The Kier molecular flexibility index (Phi) is 4.11. The lowest BCUT2D eigenvalue weighted by atomic mass is 9.76. The summed E-state index contributed by atoms with van der Waals surface area (Å²) in [5, 5.41) is 21.5. The van der Waals surface area contributed by atoms with E-state index in [0.29, 0.717) is 25.3 Å². The number of rotatable bonds is 4. The van der Waals surface area contributed by atoms with E-state index in [0.717, 1.165) is 12.8 Å². The van der Waals surface area contributed by atoms with Gasteiger partial charge in [0.2, 0.25) is 0 Å². The molecule has 0 aliphatic heterocycles. The number of hydrogen-bond acceptors (Lipinski definition) is 3. The molecule has 0 radical (unpaired) electrons. The molecule has 1 aliphatic rings. The highest BCUT2D eigenvalue weighted by atomic mass is 16.4. The van der Waals surface area contributed by atoms with Crippen LogP contribution in [0.25, 0.3) is 0 Å². The normalized spacial score (nSPS) is 33.7. The highest BCUT2D eigenvalue weighted by Gasteiger charge is 2.41. The van der Waals surface area contributed by atoms with E-state index >= 15 is 0 Å². The molecule has 1 aliphatic carbocycles. The van der Waals surface area contributed by atoms with Crippen LogP contribution >= 0.6 is 0 Å². The minimum absolute atomic E-state index is 0.346. The van der Waals surface area contributed by atoms with Gasteiger partial charge in [0, 0.05) is 6.54 Å². The van der Waals surface area contributed by atoms with E-state index in [4.69, 9.17) is 0 Å². The number of aliphatic hydroxyl groups excluding tert-OH is 1. The molecule has 0 heterocycles. The molecule has 4 nitrogen and oxygen atoms in total. The van der Waals surface area contributed by atoms with Crippen molar-refractivity contribution >= 4 is 5.97 Å². The summed E-state index contributed by atoms with van der Waals surface area (Å²) in [5.74, 6) is -0.342. The molecular formula is C11H21NO3. The lowest BCUT2D eigenvalue weighted by Crippen LogP contribution is -2.56. The molecule has 3 N–H and O–H groups in total. The molecule has 1 rings (SSSR count). The van der Waals surface area contributed by atoms with Crippen LogP contribution in [0.5, 0.6) is 0 Å². The standard InChI is InChI=1S/C11H21NO3/c1-8-4-3-5-11(6-8,10(14)15)12-7-9(2)13/h8-9,12-13H,3-7H2,1-2H3,(H,14,15). The first kappa shape index (κ1) is 12.5. The van der Waals surface area contributed by atoms with Gasteiger partial charge in [0.25, 0.3) is 0 Å². The minimum Gasteiger partial charge on any atom is -0.480 e. The van der Waals surface area contributed by atoms with Crippen molar-refractivity contribution in [3.8, 4) is 0 Å². The zero-order valence-electron chi connectivity index (χ0n) is 9.49. The summed E-state index contributed by atoms with van der Waals surface area (Å²) in [6.45, 7) is 4.09. The number of aliphatic hydroxyl groups is 1. The van der Waals surface area contributed by atoms with Crippen LogP contribution in [-0.2, 0) is 4.79 Å². The molecule has 4 heteroatoms. The van der Waals surface area contributed by atoms with Crippen LogP contribution in [0.3, 0.4) is 0 Å². The third-order valence-corrected chi connectivity index (χ3v) is 3.14. The van der Waals surface area contributed by atoms with Crippen molar-refractivity contribution in [2.24, 2.45) is 5.92 Å². The molecule has 88 valence electrons. The monoisotopic (exact) mass is 215 g/mol. The van der Waals surface area contributed by atoms with Crippen LogP contribution < -0.4 is 5.32 Å². The molecule has 3 unspecified atom stereocenters. The Labute approximate surface area is 90.7 Å². The van der Waals surface area contributed by atoms with Gasteiger partial charge in [-0.25, -0.2) is 0 Å². The molecule has 15 heavy (non-hydrogen) atoms. The molecule has 0 saturated heterocycles. The maximum absolute atomic E-state index is 11.3. The van der Waals surface area contributed by atoms with Gasteiger partial charge in [0.1, 0.15) is 5.54 Å². The van der Waals surface area contributed by atoms with E-state index in [1.165, 1.54) is 0 Å². The summed E-state index contributed by atoms with van der Waals surface area (Å²) < 4.78 is 0. The lowest BCUT2D eigenvalue weighted by Gasteiger charge is -2.37. The summed E-state index contributed by atoms with van der Waals surface area (Å²) in [6, 6.07) is 0. The number of carboxylic acid groups (broad SMARTS) is 1. The smallest absolute Gasteiger partial charge is 0.323 e. The number of β-amino-alcohol motifs (C(OH)–C–C–N with tert-alkyl or cyclic N) is 1. The van der Waals surface area contributed by atoms with Crippen molar-refractivity contribution in [2.45, 2.75) is 51.2 Å². The Morgan fingerprint density at radius 1 is 1.67 bits per heavy atom. The quantitative estimate of drug-likeness (QED) is 0.654. The number of carbonyl (C=O) groups is 1. The number of nitrogens with one attached hydrogen (secondary N) is 1. The SMILES string of the molecule is CC(O)CNC1(C(=O)O)CCCC(C)C1. The van der Waals surface area contributed by atoms with Gasteiger partial charge in [0.05, 0.1) is 6.10 Å². The second kappa shape index (κ2) is 4.94. The average Bonchev–Trinajstić information content (AvgIpc) is 2.14. The molecule has 0 amide bonds. The van der Waals surface area contributed by atoms with Gasteiger partial charge in [-0.2, -0.15) is 0 Å². The second-order valence-corrected chi connectivity index (χ2v) is 4.82. The van der Waals surface area contributed by atoms with Gasteiger partial charge in [-0.1, -0.05) is 19.8 Å². The van der Waals surface area contributed by atoms with Gasteiger partial charge in [-0.05, 0) is 25.7 Å². The van der Waals surface area contributed by atoms with Crippen molar-refractivity contribution in [3.63, 3.8) is 0 Å². The van der Waals surface area contributed by atoms with Crippen LogP contribution in [0.4, 0.5) is 0 Å². The summed E-state index contributed by atoms with van der Waals surface area (Å²) in [4.78, 5) is 11.3. The van der Waals surface area contributed by atoms with Crippen LogP contribution in [0.15, 0.2) is 0 Å². The highest BCUT2D eigenvalue weighted by Crippen LogP contribution is 2.32. The summed E-state index contributed by atoms with van der Waals surface area (Å²) >= 11 is 0. The first-order valence-corrected chi connectivity index (χ1v) is 5.63. The molecule has 1 saturated carbocycles. The Hall–Kier alpha value is -0.610. The van der Waals surface area contributed by atoms with Crippen molar-refractivity contribution in [1.29, 1.82) is 0 Å². The molecule has 1 fully saturated rings. The molecule has 0 aromatic carbocycles. The largest absolute Gasteiger partial charge is 0.480 e. The highest BCUT2D eigenvalue weighted by molar-refractivity contribution is 5.79. The number of aliphatic carboxylic acids is 1. The molecule has 0 aromatic heterocycles. The fourth-order valence-electron chi connectivity index (χ4n) is 2.32. The lowest BCUT2D eigenvalue weighted by molar-refractivity contribution is -0.147. The van der Waals surface area contributed by atoms with Crippen molar-refractivity contribution in [3.05, 3.63) is 0 Å². The first-order valence-electron chi connectivity index (χ1n) is 5.63. The van der Waals surface area contributed by atoms with Gasteiger partial charge in [0.15, 0.2) is 0 Å². The Morgan fingerprint density at radius 2 is 2.33 bits per heavy atom. The van der Waals surface area contributed by atoms with Crippen LogP contribution in [-0.4, -0.2) is 34.4 Å². The predicted octanol–water partition coefficient (Wildman–Crippen LogP) is 0.990. The Bertz CT molecular complexity index is 230. The van der Waals surface area contributed by atoms with E-state index in [2.05, 4.69) is 12.2 Å². The fourth-order valence-corrected chi connectivity index (χ4v) is 2.32. The van der Waals surface area contributed by atoms with E-state index < -0.39 is 17.6 Å². The Balaban J connectivity index is 2.65. The molecule has 3 atom stereocenters. The van der Waals surface area contributed by atoms with Crippen molar-refractivity contribution in [2.75, 3.05) is 6.54 Å². The molecule has 0 aromatic rings. The fraction of sp³-hybridized carbons (Fsp3) is 0.909. The summed E-state index contributed by atoms with van der Waals surface area (Å²) in [6.07, 6.45) is 2.87. The van der Waals surface area contributed by atoms with Gasteiger partial charge < -0.3 is 10.2 Å². The second-order valence-electron chi connectivity index (χ2n) is 4.82. The number of carboxylic acids is 1. The predicted molar refractivity (Wildman–Crippen MR) is 57.7 cm³/mol. The van der Waals surface area contributed by atoms with Gasteiger partial charge >= 0.3 is 5.97 Å². The maximum Gasteiger partial charge on any atom is 0.323 e. The van der Waals surface area contributed by atoms with Gasteiger partial charge in [-0.3, -0.25) is 10.1 Å². The topological polar surface area (TPSA) is 69.6 Å². The van der Waals surface area contributed by atoms with Crippen LogP contribution in [0.2, 0.25) is 0 Å². The first-order chi connectivity index (χ1) is 6.96. The summed E-state index contributed by atoms with van der Waals surface area (Å²) in [7, 11) is 0. The minimum atomic E-state index is -0.811. The van der Waals surface area contributed by atoms with Crippen LogP contribution in [0.1, 0.15) is 39.5 Å². The Morgan fingerprint density at radius 3 is 2.80 bits per heavy atom. The van der Waals surface area contributed by atoms with E-state index in [9.17, 15) is 15.0 Å². The molecular weight excluding hydrogens is 194 g/mol. The maximum atomic E-state index is 11.3. The van der Waals surface area contributed by atoms with Crippen molar-refractivity contribution < 1.29 is 15.0 Å². The number of hydrogen-bond donors (Lipinski definition) is 3. The molecule has 0 bridgehead atoms. The summed E-state index contributed by atoms with van der Waals surface area (Å²) in [5.41, 5.74) is -0.811. The zero-order chi connectivity index (χ0) is 11.5. The molecule has 0 spiro atoms. The third kappa shape index (κ3) is 3.18. The van der Waals surface area contributed by atoms with E-state index in [1.807, 2.05) is 0 Å². The average molecular weight is 215 g/mol. The van der Waals surface area contributed by atoms with Gasteiger partial charge in [-0.15, -0.1) is 0 Å². The van der Waals surface area contributed by atoms with E-state index in [1.54, 1.807) is 6.92 Å².